The van der Waals surface area contributed by atoms with E-state index in [1.54, 1.807) is 0 Å². The quantitative estimate of drug-likeness (QED) is 0.810. The summed E-state index contributed by atoms with van der Waals surface area (Å²) in [5.74, 6) is 0.193. The maximum Gasteiger partial charge on any atom is 0.0982 e. The predicted molar refractivity (Wildman–Crippen MR) is 61.5 cm³/mol. The molecular formula is C13H15NO. The normalized spacial score (nSPS) is 13.3. The van der Waals surface area contributed by atoms with E-state index in [0.717, 1.165) is 16.6 Å². The van der Waals surface area contributed by atoms with Crippen LogP contribution in [0.1, 0.15) is 25.6 Å². The summed E-state index contributed by atoms with van der Waals surface area (Å²) in [6, 6.07) is 11.8. The number of pyridine rings is 1. The summed E-state index contributed by atoms with van der Waals surface area (Å²) in [5.41, 5.74) is 1.69. The van der Waals surface area contributed by atoms with Crippen LogP contribution in [0.5, 0.6) is 0 Å². The van der Waals surface area contributed by atoms with E-state index in [0.29, 0.717) is 0 Å². The number of fused-ring (bicyclic) bond motifs is 1. The van der Waals surface area contributed by atoms with Gasteiger partial charge in [-0.15, -0.1) is 0 Å². The molecule has 0 spiro atoms. The highest BCUT2D eigenvalue weighted by atomic mass is 16.3. The van der Waals surface area contributed by atoms with Gasteiger partial charge >= 0.3 is 0 Å². The Bertz CT molecular complexity index is 465. The van der Waals surface area contributed by atoms with Crippen LogP contribution in [0.4, 0.5) is 0 Å². The number of benzene rings is 1. The average molecular weight is 201 g/mol. The summed E-state index contributed by atoms with van der Waals surface area (Å²) in [6.45, 7) is 3.98. The van der Waals surface area contributed by atoms with E-state index in [1.165, 1.54) is 0 Å². The Kier molecular flexibility index (Phi) is 2.69. The predicted octanol–water partition coefficient (Wildman–Crippen LogP) is 2.92. The molecule has 0 bridgehead atoms. The lowest BCUT2D eigenvalue weighted by molar-refractivity contribution is 0.123. The average Bonchev–Trinajstić information content (AvgIpc) is 2.27. The summed E-state index contributed by atoms with van der Waals surface area (Å²) in [4.78, 5) is 4.45. The van der Waals surface area contributed by atoms with Crippen LogP contribution in [0.2, 0.25) is 0 Å². The highest BCUT2D eigenvalue weighted by Gasteiger charge is 2.13. The molecular weight excluding hydrogens is 186 g/mol. The molecule has 0 aliphatic rings. The molecule has 0 aliphatic heterocycles. The van der Waals surface area contributed by atoms with E-state index in [-0.39, 0.29) is 5.92 Å². The van der Waals surface area contributed by atoms with Crippen LogP contribution in [0.3, 0.4) is 0 Å². The Morgan fingerprint density at radius 2 is 1.80 bits per heavy atom. The second-order valence-corrected chi connectivity index (χ2v) is 4.12. The lowest BCUT2D eigenvalue weighted by Gasteiger charge is -2.14. The molecule has 0 aliphatic carbocycles. The molecule has 1 N–H and O–H groups in total. The van der Waals surface area contributed by atoms with Gasteiger partial charge in [0.15, 0.2) is 0 Å². The van der Waals surface area contributed by atoms with E-state index >= 15 is 0 Å². The third-order valence-corrected chi connectivity index (χ3v) is 2.55. The van der Waals surface area contributed by atoms with Crippen molar-refractivity contribution in [2.75, 3.05) is 0 Å². The lowest BCUT2D eigenvalue weighted by Crippen LogP contribution is -2.07. The highest BCUT2D eigenvalue weighted by Crippen LogP contribution is 2.21. The van der Waals surface area contributed by atoms with Crippen molar-refractivity contribution in [1.82, 2.24) is 4.98 Å². The smallest absolute Gasteiger partial charge is 0.0982 e. The second-order valence-electron chi connectivity index (χ2n) is 4.12. The number of aliphatic hydroxyl groups excluding tert-OH is 1. The standard InChI is InChI=1S/C13H15NO/c1-9(2)13(15)12-8-7-10-5-3-4-6-11(10)14-12/h3-9,13,15H,1-2H3. The van der Waals surface area contributed by atoms with Crippen LogP contribution in [0.25, 0.3) is 10.9 Å². The van der Waals surface area contributed by atoms with Gasteiger partial charge in [0.1, 0.15) is 0 Å². The summed E-state index contributed by atoms with van der Waals surface area (Å²) < 4.78 is 0. The second kappa shape index (κ2) is 3.99. The maximum absolute atomic E-state index is 9.89. The van der Waals surface area contributed by atoms with Crippen molar-refractivity contribution < 1.29 is 5.11 Å². The first-order valence-corrected chi connectivity index (χ1v) is 5.22. The molecule has 15 heavy (non-hydrogen) atoms. The molecule has 2 rings (SSSR count). The van der Waals surface area contributed by atoms with Crippen LogP contribution in [0, 0.1) is 5.92 Å². The van der Waals surface area contributed by atoms with Crippen LogP contribution in [-0.4, -0.2) is 10.1 Å². The Morgan fingerprint density at radius 1 is 1.07 bits per heavy atom. The lowest BCUT2D eigenvalue weighted by atomic mass is 10.0. The van der Waals surface area contributed by atoms with E-state index in [9.17, 15) is 5.11 Å². The summed E-state index contributed by atoms with van der Waals surface area (Å²) in [7, 11) is 0. The third kappa shape index (κ3) is 2.00. The number of aromatic nitrogens is 1. The van der Waals surface area contributed by atoms with Gasteiger partial charge in [-0.1, -0.05) is 38.1 Å². The number of para-hydroxylation sites is 1. The molecule has 0 radical (unpaired) electrons. The first kappa shape index (κ1) is 10.1. The van der Waals surface area contributed by atoms with E-state index in [2.05, 4.69) is 4.98 Å². The minimum atomic E-state index is -0.477. The molecule has 0 saturated heterocycles. The van der Waals surface area contributed by atoms with E-state index < -0.39 is 6.10 Å². The summed E-state index contributed by atoms with van der Waals surface area (Å²) >= 11 is 0. The number of nitrogens with zero attached hydrogens (tertiary/aromatic N) is 1. The van der Waals surface area contributed by atoms with Crippen molar-refractivity contribution in [3.05, 3.63) is 42.1 Å². The Labute approximate surface area is 89.6 Å². The monoisotopic (exact) mass is 201 g/mol. The van der Waals surface area contributed by atoms with Gasteiger partial charge in [-0.05, 0) is 18.1 Å². The van der Waals surface area contributed by atoms with E-state index in [1.807, 2.05) is 50.2 Å². The highest BCUT2D eigenvalue weighted by molar-refractivity contribution is 5.78. The van der Waals surface area contributed by atoms with Crippen molar-refractivity contribution in [3.63, 3.8) is 0 Å². The van der Waals surface area contributed by atoms with Gasteiger partial charge in [-0.2, -0.15) is 0 Å². The molecule has 2 aromatic rings. The molecule has 0 saturated carbocycles. The van der Waals surface area contributed by atoms with Crippen molar-refractivity contribution in [2.45, 2.75) is 20.0 Å². The van der Waals surface area contributed by atoms with Gasteiger partial charge in [-0.25, -0.2) is 0 Å². The van der Waals surface area contributed by atoms with Crippen molar-refractivity contribution in [2.24, 2.45) is 5.92 Å². The van der Waals surface area contributed by atoms with Gasteiger partial charge in [0.05, 0.1) is 17.3 Å². The molecule has 1 heterocycles. The zero-order valence-corrected chi connectivity index (χ0v) is 9.01. The Balaban J connectivity index is 2.47. The molecule has 0 fully saturated rings. The largest absolute Gasteiger partial charge is 0.387 e. The third-order valence-electron chi connectivity index (χ3n) is 2.55. The maximum atomic E-state index is 9.89. The van der Waals surface area contributed by atoms with Gasteiger partial charge in [0, 0.05) is 5.39 Å². The van der Waals surface area contributed by atoms with Crippen molar-refractivity contribution >= 4 is 10.9 Å². The van der Waals surface area contributed by atoms with Crippen molar-refractivity contribution in [1.29, 1.82) is 0 Å². The molecule has 2 nitrogen and oxygen atoms in total. The topological polar surface area (TPSA) is 33.1 Å². The molecule has 2 heteroatoms. The summed E-state index contributed by atoms with van der Waals surface area (Å²) in [5, 5.41) is 11.0. The zero-order chi connectivity index (χ0) is 10.8. The van der Waals surface area contributed by atoms with Crippen LogP contribution in [0.15, 0.2) is 36.4 Å². The van der Waals surface area contributed by atoms with Crippen LogP contribution < -0.4 is 0 Å². The van der Waals surface area contributed by atoms with Gasteiger partial charge in [0.25, 0.3) is 0 Å². The molecule has 1 unspecified atom stereocenters. The summed E-state index contributed by atoms with van der Waals surface area (Å²) in [6.07, 6.45) is -0.477. The number of aliphatic hydroxyl groups is 1. The first-order valence-electron chi connectivity index (χ1n) is 5.22. The SMILES string of the molecule is CC(C)C(O)c1ccc2ccccc2n1. The van der Waals surface area contributed by atoms with Crippen molar-refractivity contribution in [3.8, 4) is 0 Å². The van der Waals surface area contributed by atoms with Crippen LogP contribution in [-0.2, 0) is 0 Å². The molecule has 0 amide bonds. The Morgan fingerprint density at radius 3 is 2.53 bits per heavy atom. The van der Waals surface area contributed by atoms with E-state index in [4.69, 9.17) is 0 Å². The molecule has 78 valence electrons. The van der Waals surface area contributed by atoms with Crippen LogP contribution >= 0.6 is 0 Å². The van der Waals surface area contributed by atoms with Gasteiger partial charge in [-0.3, -0.25) is 4.98 Å². The Hall–Kier alpha value is -1.41. The molecule has 1 aromatic heterocycles. The van der Waals surface area contributed by atoms with Gasteiger partial charge in [0.2, 0.25) is 0 Å². The zero-order valence-electron chi connectivity index (χ0n) is 9.01. The number of hydrogen-bond acceptors (Lipinski definition) is 2. The van der Waals surface area contributed by atoms with Gasteiger partial charge < -0.3 is 5.11 Å². The fourth-order valence-electron chi connectivity index (χ4n) is 1.59. The fourth-order valence-corrected chi connectivity index (χ4v) is 1.59. The first-order chi connectivity index (χ1) is 7.18. The minimum Gasteiger partial charge on any atom is -0.387 e. The number of rotatable bonds is 2. The molecule has 1 atom stereocenters. The minimum absolute atomic E-state index is 0.193. The fraction of sp³-hybridized carbons (Fsp3) is 0.308. The molecule has 1 aromatic carbocycles. The number of hydrogen-bond donors (Lipinski definition) is 1.